The quantitative estimate of drug-likeness (QED) is 0.889. The zero-order chi connectivity index (χ0) is 16.4. The molecule has 0 aliphatic heterocycles. The molecule has 1 saturated carbocycles. The predicted octanol–water partition coefficient (Wildman–Crippen LogP) is 4.15. The third-order valence-corrected chi connectivity index (χ3v) is 4.58. The van der Waals surface area contributed by atoms with E-state index < -0.39 is 5.60 Å². The molecule has 22 heavy (non-hydrogen) atoms. The fourth-order valence-corrected chi connectivity index (χ4v) is 3.14. The summed E-state index contributed by atoms with van der Waals surface area (Å²) in [4.78, 5) is 16.4. The Morgan fingerprint density at radius 2 is 2.14 bits per heavy atom. The molecule has 5 heteroatoms. The summed E-state index contributed by atoms with van der Waals surface area (Å²) >= 11 is 0. The van der Waals surface area contributed by atoms with Crippen LogP contribution in [0.5, 0.6) is 0 Å². The van der Waals surface area contributed by atoms with E-state index in [4.69, 9.17) is 4.74 Å². The second kappa shape index (κ2) is 6.31. The molecule has 1 fully saturated rings. The monoisotopic (exact) mass is 307 g/mol. The lowest BCUT2D eigenvalue weighted by molar-refractivity contribution is 0.0494. The zero-order valence-corrected chi connectivity index (χ0v) is 14.5. The van der Waals surface area contributed by atoms with E-state index in [0.717, 1.165) is 18.5 Å². The molecule has 1 aromatic heterocycles. The highest BCUT2D eigenvalue weighted by atomic mass is 16.6. The molecule has 124 valence electrons. The summed E-state index contributed by atoms with van der Waals surface area (Å²) in [5.74, 6) is 0. The first-order chi connectivity index (χ1) is 10.3. The van der Waals surface area contributed by atoms with Crippen LogP contribution in [-0.4, -0.2) is 21.2 Å². The van der Waals surface area contributed by atoms with Crippen molar-refractivity contribution in [2.24, 2.45) is 0 Å². The van der Waals surface area contributed by atoms with E-state index in [1.165, 1.54) is 19.3 Å². The molecule has 1 heterocycles. The molecule has 5 nitrogen and oxygen atoms in total. The van der Waals surface area contributed by atoms with Crippen molar-refractivity contribution in [3.8, 4) is 0 Å². The minimum Gasteiger partial charge on any atom is -0.444 e. The van der Waals surface area contributed by atoms with Crippen molar-refractivity contribution < 1.29 is 9.53 Å². The molecule has 1 atom stereocenters. The average molecular weight is 307 g/mol. The van der Waals surface area contributed by atoms with Gasteiger partial charge in [0.2, 0.25) is 0 Å². The van der Waals surface area contributed by atoms with E-state index >= 15 is 0 Å². The SMILES string of the molecule is CC[C@@H](NC(=O)OC(C)(C)C)c1cncn1C1(CC)CCC1. The number of amides is 1. The Hall–Kier alpha value is -1.52. The number of imidazole rings is 1. The van der Waals surface area contributed by atoms with Crippen LogP contribution in [0, 0.1) is 0 Å². The maximum Gasteiger partial charge on any atom is 0.408 e. The number of rotatable bonds is 5. The number of hydrogen-bond acceptors (Lipinski definition) is 3. The molecule has 1 aromatic rings. The van der Waals surface area contributed by atoms with E-state index in [1.807, 2.05) is 33.3 Å². The van der Waals surface area contributed by atoms with Gasteiger partial charge in [-0.2, -0.15) is 0 Å². The third kappa shape index (κ3) is 3.45. The maximum atomic E-state index is 12.1. The molecule has 0 saturated heterocycles. The van der Waals surface area contributed by atoms with E-state index in [0.29, 0.717) is 0 Å². The van der Waals surface area contributed by atoms with Gasteiger partial charge in [0.25, 0.3) is 0 Å². The lowest BCUT2D eigenvalue weighted by atomic mass is 9.74. The fourth-order valence-electron chi connectivity index (χ4n) is 3.14. The lowest BCUT2D eigenvalue weighted by Gasteiger charge is -2.44. The van der Waals surface area contributed by atoms with Crippen LogP contribution in [0.25, 0.3) is 0 Å². The van der Waals surface area contributed by atoms with Gasteiger partial charge in [0.05, 0.1) is 24.3 Å². The van der Waals surface area contributed by atoms with E-state index in [9.17, 15) is 4.79 Å². The largest absolute Gasteiger partial charge is 0.444 e. The van der Waals surface area contributed by atoms with Gasteiger partial charge in [-0.05, 0) is 52.9 Å². The van der Waals surface area contributed by atoms with Gasteiger partial charge < -0.3 is 14.6 Å². The van der Waals surface area contributed by atoms with Crippen LogP contribution in [0.3, 0.4) is 0 Å². The highest BCUT2D eigenvalue weighted by Gasteiger charge is 2.39. The Labute approximate surface area is 133 Å². The summed E-state index contributed by atoms with van der Waals surface area (Å²) in [6.07, 6.45) is 8.97. The molecule has 0 bridgehead atoms. The molecule has 1 N–H and O–H groups in total. The summed E-state index contributed by atoms with van der Waals surface area (Å²) < 4.78 is 7.66. The van der Waals surface area contributed by atoms with Crippen molar-refractivity contribution >= 4 is 6.09 Å². The van der Waals surface area contributed by atoms with Gasteiger partial charge in [0, 0.05) is 5.54 Å². The standard InChI is InChI=1S/C17H29N3O2/c1-6-13(19-15(21)22-16(3,4)5)14-11-18-12-20(14)17(7-2)9-8-10-17/h11-13H,6-10H2,1-5H3,(H,19,21)/t13-/m1/s1. The summed E-state index contributed by atoms with van der Waals surface area (Å²) in [5, 5.41) is 2.99. The average Bonchev–Trinajstić information content (AvgIpc) is 2.83. The van der Waals surface area contributed by atoms with Gasteiger partial charge in [0.15, 0.2) is 0 Å². The first kappa shape index (κ1) is 16.8. The predicted molar refractivity (Wildman–Crippen MR) is 86.7 cm³/mol. The minimum absolute atomic E-state index is 0.0682. The van der Waals surface area contributed by atoms with E-state index in [2.05, 4.69) is 28.7 Å². The van der Waals surface area contributed by atoms with Gasteiger partial charge in [-0.3, -0.25) is 0 Å². The van der Waals surface area contributed by atoms with Gasteiger partial charge in [-0.1, -0.05) is 13.8 Å². The van der Waals surface area contributed by atoms with Crippen LogP contribution in [0.15, 0.2) is 12.5 Å². The van der Waals surface area contributed by atoms with Crippen molar-refractivity contribution in [3.63, 3.8) is 0 Å². The number of carbonyl (C=O) groups excluding carboxylic acids is 1. The third-order valence-electron chi connectivity index (χ3n) is 4.58. The maximum absolute atomic E-state index is 12.1. The lowest BCUT2D eigenvalue weighted by Crippen LogP contribution is -2.42. The van der Waals surface area contributed by atoms with E-state index in [-0.39, 0.29) is 17.7 Å². The molecular weight excluding hydrogens is 278 g/mol. The van der Waals surface area contributed by atoms with Crippen LogP contribution < -0.4 is 5.32 Å². The number of ether oxygens (including phenoxy) is 1. The number of aromatic nitrogens is 2. The van der Waals surface area contributed by atoms with Crippen LogP contribution in [-0.2, 0) is 10.3 Å². The Kier molecular flexibility index (Phi) is 4.83. The molecule has 1 aliphatic rings. The van der Waals surface area contributed by atoms with Gasteiger partial charge in [0.1, 0.15) is 5.60 Å². The number of carbonyl (C=O) groups is 1. The van der Waals surface area contributed by atoms with Crippen molar-refractivity contribution in [2.45, 2.75) is 83.9 Å². The fraction of sp³-hybridized carbons (Fsp3) is 0.765. The van der Waals surface area contributed by atoms with Gasteiger partial charge in [-0.15, -0.1) is 0 Å². The molecule has 1 aliphatic carbocycles. The van der Waals surface area contributed by atoms with Gasteiger partial charge >= 0.3 is 6.09 Å². The molecule has 2 rings (SSSR count). The first-order valence-corrected chi connectivity index (χ1v) is 8.33. The van der Waals surface area contributed by atoms with Gasteiger partial charge in [-0.25, -0.2) is 9.78 Å². The summed E-state index contributed by atoms with van der Waals surface area (Å²) in [7, 11) is 0. The number of hydrogen-bond donors (Lipinski definition) is 1. The Bertz CT molecular complexity index is 507. The second-order valence-electron chi connectivity index (χ2n) is 7.23. The van der Waals surface area contributed by atoms with Crippen molar-refractivity contribution in [2.75, 3.05) is 0 Å². The normalized spacial score (nSPS) is 18.4. The van der Waals surface area contributed by atoms with Crippen molar-refractivity contribution in [3.05, 3.63) is 18.2 Å². The van der Waals surface area contributed by atoms with Crippen LogP contribution >= 0.6 is 0 Å². The summed E-state index contributed by atoms with van der Waals surface area (Å²) in [6.45, 7) is 9.92. The van der Waals surface area contributed by atoms with Crippen LogP contribution in [0.2, 0.25) is 0 Å². The van der Waals surface area contributed by atoms with E-state index in [1.54, 1.807) is 0 Å². The second-order valence-corrected chi connectivity index (χ2v) is 7.23. The number of alkyl carbamates (subject to hydrolysis) is 1. The minimum atomic E-state index is -0.485. The topological polar surface area (TPSA) is 56.1 Å². The first-order valence-electron chi connectivity index (χ1n) is 8.33. The Morgan fingerprint density at radius 1 is 1.45 bits per heavy atom. The summed E-state index contributed by atoms with van der Waals surface area (Å²) in [6, 6.07) is -0.0682. The Balaban J connectivity index is 2.15. The molecule has 0 aromatic carbocycles. The number of nitrogens with one attached hydrogen (secondary N) is 1. The smallest absolute Gasteiger partial charge is 0.408 e. The van der Waals surface area contributed by atoms with Crippen molar-refractivity contribution in [1.82, 2.24) is 14.9 Å². The highest BCUT2D eigenvalue weighted by Crippen LogP contribution is 2.43. The summed E-state index contributed by atoms with van der Waals surface area (Å²) in [5.41, 5.74) is 0.783. The highest BCUT2D eigenvalue weighted by molar-refractivity contribution is 5.68. The number of nitrogens with zero attached hydrogens (tertiary/aromatic N) is 2. The van der Waals surface area contributed by atoms with Crippen molar-refractivity contribution in [1.29, 1.82) is 0 Å². The van der Waals surface area contributed by atoms with Crippen LogP contribution in [0.4, 0.5) is 4.79 Å². The molecule has 1 amide bonds. The Morgan fingerprint density at radius 3 is 2.59 bits per heavy atom. The molecule has 0 spiro atoms. The molecular formula is C17H29N3O2. The van der Waals surface area contributed by atoms with Crippen LogP contribution in [0.1, 0.15) is 78.5 Å². The zero-order valence-electron chi connectivity index (χ0n) is 14.5. The molecule has 0 unspecified atom stereocenters. The molecule has 0 radical (unpaired) electrons.